The zero-order valence-electron chi connectivity index (χ0n) is 11.2. The number of rotatable bonds is 1. The minimum Gasteiger partial charge on any atom is -0.336 e. The summed E-state index contributed by atoms with van der Waals surface area (Å²) in [7, 11) is 0. The van der Waals surface area contributed by atoms with Crippen molar-refractivity contribution in [2.45, 2.75) is 32.2 Å². The molecule has 1 saturated heterocycles. The monoisotopic (exact) mass is 257 g/mol. The number of carbonyl (C=O) groups excluding carboxylic acids is 1. The van der Waals surface area contributed by atoms with Gasteiger partial charge in [-0.1, -0.05) is 11.8 Å². The van der Waals surface area contributed by atoms with Crippen LogP contribution in [0.25, 0.3) is 0 Å². The number of amides is 1. The van der Waals surface area contributed by atoms with Gasteiger partial charge in [-0.3, -0.25) is 9.78 Å². The van der Waals surface area contributed by atoms with Crippen LogP contribution in [-0.2, 0) is 0 Å². The number of pyridine rings is 1. The van der Waals surface area contributed by atoms with Crippen LogP contribution in [-0.4, -0.2) is 34.9 Å². The van der Waals surface area contributed by atoms with E-state index in [0.717, 1.165) is 24.9 Å². The smallest absolute Gasteiger partial charge is 0.255 e. The van der Waals surface area contributed by atoms with Gasteiger partial charge in [-0.25, -0.2) is 0 Å². The molecule has 4 nitrogen and oxygen atoms in total. The van der Waals surface area contributed by atoms with Crippen LogP contribution in [0.1, 0.15) is 42.1 Å². The third kappa shape index (κ3) is 3.33. The molecule has 2 heterocycles. The lowest BCUT2D eigenvalue weighted by Crippen LogP contribution is -2.42. The fourth-order valence-electron chi connectivity index (χ4n) is 2.34. The first-order valence-corrected chi connectivity index (χ1v) is 6.67. The summed E-state index contributed by atoms with van der Waals surface area (Å²) < 4.78 is 0. The second-order valence-corrected chi connectivity index (χ2v) is 4.81. The zero-order valence-corrected chi connectivity index (χ0v) is 11.2. The van der Waals surface area contributed by atoms with Crippen LogP contribution < -0.4 is 5.73 Å². The Bertz CT molecular complexity index is 516. The van der Waals surface area contributed by atoms with Crippen LogP contribution in [0.2, 0.25) is 0 Å². The van der Waals surface area contributed by atoms with Crippen molar-refractivity contribution in [2.75, 3.05) is 13.1 Å². The summed E-state index contributed by atoms with van der Waals surface area (Å²) in [6, 6.07) is 2.10. The fraction of sp³-hybridized carbons (Fsp3) is 0.467. The summed E-state index contributed by atoms with van der Waals surface area (Å²) in [6.07, 6.45) is 6.61. The van der Waals surface area contributed by atoms with Gasteiger partial charge in [0.15, 0.2) is 0 Å². The summed E-state index contributed by atoms with van der Waals surface area (Å²) in [5, 5.41) is 0. The number of carbonyl (C=O) groups is 1. The molecule has 19 heavy (non-hydrogen) atoms. The van der Waals surface area contributed by atoms with E-state index in [9.17, 15) is 4.79 Å². The molecule has 0 aromatic carbocycles. The molecule has 1 atom stereocenters. The number of likely N-dealkylation sites (tertiary alicyclic amines) is 1. The van der Waals surface area contributed by atoms with Gasteiger partial charge in [0.05, 0.1) is 12.1 Å². The van der Waals surface area contributed by atoms with Gasteiger partial charge in [0.25, 0.3) is 5.91 Å². The van der Waals surface area contributed by atoms with Crippen molar-refractivity contribution in [3.8, 4) is 11.8 Å². The molecule has 1 aliphatic rings. The summed E-state index contributed by atoms with van der Waals surface area (Å²) in [6.45, 7) is 3.24. The molecule has 0 bridgehead atoms. The van der Waals surface area contributed by atoms with E-state index in [0.29, 0.717) is 18.2 Å². The Balaban J connectivity index is 2.18. The first-order chi connectivity index (χ1) is 9.22. The molecule has 0 radical (unpaired) electrons. The minimum absolute atomic E-state index is 0.0519. The number of aromatic nitrogens is 1. The van der Waals surface area contributed by atoms with Gasteiger partial charge in [0.2, 0.25) is 0 Å². The molecule has 2 rings (SSSR count). The van der Waals surface area contributed by atoms with Crippen LogP contribution in [0, 0.1) is 11.8 Å². The highest BCUT2D eigenvalue weighted by Crippen LogP contribution is 2.19. The van der Waals surface area contributed by atoms with Gasteiger partial charge < -0.3 is 10.6 Å². The third-order valence-electron chi connectivity index (χ3n) is 3.38. The predicted octanol–water partition coefficient (Wildman–Crippen LogP) is 1.41. The normalized spacial score (nSPS) is 18.6. The van der Waals surface area contributed by atoms with Gasteiger partial charge in [0, 0.05) is 30.5 Å². The van der Waals surface area contributed by atoms with Crippen LogP contribution >= 0.6 is 0 Å². The molecular formula is C15H19N3O. The predicted molar refractivity (Wildman–Crippen MR) is 74.5 cm³/mol. The average Bonchev–Trinajstić information content (AvgIpc) is 2.45. The molecule has 100 valence electrons. The van der Waals surface area contributed by atoms with E-state index < -0.39 is 0 Å². The zero-order chi connectivity index (χ0) is 13.7. The van der Waals surface area contributed by atoms with E-state index in [2.05, 4.69) is 23.7 Å². The molecule has 2 N–H and O–H groups in total. The second-order valence-electron chi connectivity index (χ2n) is 4.81. The highest BCUT2D eigenvalue weighted by molar-refractivity contribution is 5.94. The maximum Gasteiger partial charge on any atom is 0.255 e. The average molecular weight is 257 g/mol. The number of nitrogens with two attached hydrogens (primary N) is 1. The van der Waals surface area contributed by atoms with E-state index in [1.54, 1.807) is 18.5 Å². The Morgan fingerprint density at radius 2 is 2.37 bits per heavy atom. The molecule has 1 unspecified atom stereocenters. The van der Waals surface area contributed by atoms with Crippen molar-refractivity contribution < 1.29 is 4.79 Å². The van der Waals surface area contributed by atoms with E-state index in [1.807, 2.05) is 4.90 Å². The van der Waals surface area contributed by atoms with Crippen LogP contribution in [0.3, 0.4) is 0 Å². The quantitative estimate of drug-likeness (QED) is 0.774. The lowest BCUT2D eigenvalue weighted by Gasteiger charge is -2.33. The Kier molecular flexibility index (Phi) is 4.53. The molecule has 0 saturated carbocycles. The minimum atomic E-state index is 0.0519. The van der Waals surface area contributed by atoms with Crippen molar-refractivity contribution in [2.24, 2.45) is 5.73 Å². The first-order valence-electron chi connectivity index (χ1n) is 6.67. The Labute approximate surface area is 114 Å². The Hall–Kier alpha value is -1.86. The molecule has 4 heteroatoms. The van der Waals surface area contributed by atoms with Crippen LogP contribution in [0.15, 0.2) is 18.5 Å². The molecule has 1 fully saturated rings. The number of piperidine rings is 1. The van der Waals surface area contributed by atoms with Crippen molar-refractivity contribution >= 4 is 5.91 Å². The molecule has 1 aliphatic heterocycles. The lowest BCUT2D eigenvalue weighted by atomic mass is 10.0. The first kappa shape index (κ1) is 13.6. The van der Waals surface area contributed by atoms with Gasteiger partial charge in [-0.2, -0.15) is 0 Å². The summed E-state index contributed by atoms with van der Waals surface area (Å²) in [4.78, 5) is 18.5. The van der Waals surface area contributed by atoms with E-state index >= 15 is 0 Å². The summed E-state index contributed by atoms with van der Waals surface area (Å²) >= 11 is 0. The van der Waals surface area contributed by atoms with E-state index in [4.69, 9.17) is 5.73 Å². The Morgan fingerprint density at radius 3 is 3.11 bits per heavy atom. The van der Waals surface area contributed by atoms with Crippen molar-refractivity contribution in [3.63, 3.8) is 0 Å². The van der Waals surface area contributed by atoms with Crippen molar-refractivity contribution in [1.29, 1.82) is 0 Å². The van der Waals surface area contributed by atoms with Crippen molar-refractivity contribution in [1.82, 2.24) is 9.88 Å². The largest absolute Gasteiger partial charge is 0.336 e. The fourth-order valence-corrected chi connectivity index (χ4v) is 2.34. The third-order valence-corrected chi connectivity index (χ3v) is 3.38. The maximum absolute atomic E-state index is 12.4. The van der Waals surface area contributed by atoms with Gasteiger partial charge in [-0.15, -0.1) is 0 Å². The summed E-state index contributed by atoms with van der Waals surface area (Å²) in [5.41, 5.74) is 6.69. The highest BCUT2D eigenvalue weighted by atomic mass is 16.2. The molecule has 0 aliphatic carbocycles. The maximum atomic E-state index is 12.4. The Morgan fingerprint density at radius 1 is 1.53 bits per heavy atom. The van der Waals surface area contributed by atoms with E-state index in [1.165, 1.54) is 6.42 Å². The van der Waals surface area contributed by atoms with Gasteiger partial charge in [0.1, 0.15) is 0 Å². The van der Waals surface area contributed by atoms with Crippen LogP contribution in [0.4, 0.5) is 0 Å². The van der Waals surface area contributed by atoms with Crippen molar-refractivity contribution in [3.05, 3.63) is 29.6 Å². The summed E-state index contributed by atoms with van der Waals surface area (Å²) in [5.74, 6) is 5.73. The van der Waals surface area contributed by atoms with Crippen LogP contribution in [0.5, 0.6) is 0 Å². The number of nitrogens with zero attached hydrogens (tertiary/aromatic N) is 2. The lowest BCUT2D eigenvalue weighted by molar-refractivity contribution is 0.0635. The number of hydrogen-bond acceptors (Lipinski definition) is 3. The molecule has 1 aromatic rings. The molecular weight excluding hydrogens is 238 g/mol. The van der Waals surface area contributed by atoms with Gasteiger partial charge in [-0.05, 0) is 32.3 Å². The topological polar surface area (TPSA) is 59.2 Å². The molecule has 1 aromatic heterocycles. The van der Waals surface area contributed by atoms with Gasteiger partial charge >= 0.3 is 0 Å². The number of hydrogen-bond donors (Lipinski definition) is 1. The standard InChI is InChI=1S/C15H19N3O/c1-12-5-2-3-8-18(12)15(19)14-9-13(6-4-7-16)10-17-11-14/h9-12H,2-3,5,7-8,16H2,1H3. The molecule has 1 amide bonds. The second kappa shape index (κ2) is 6.35. The van der Waals surface area contributed by atoms with E-state index in [-0.39, 0.29) is 5.91 Å². The molecule has 0 spiro atoms. The SMILES string of the molecule is CC1CCCCN1C(=O)c1cncc(C#CCN)c1. The highest BCUT2D eigenvalue weighted by Gasteiger charge is 2.24.